The molecule has 0 atom stereocenters. The molecule has 0 radical (unpaired) electrons. The van der Waals surface area contributed by atoms with Crippen molar-refractivity contribution in [3.8, 4) is 22.8 Å². The molecule has 3 N–H and O–H groups in total. The molecule has 5 heteroatoms. The summed E-state index contributed by atoms with van der Waals surface area (Å²) in [6.07, 6.45) is 0. The Hall–Kier alpha value is -2.66. The minimum Gasteiger partial charge on any atom is -0.395 e. The van der Waals surface area contributed by atoms with Crippen molar-refractivity contribution in [2.75, 3.05) is 18.5 Å². The zero-order chi connectivity index (χ0) is 14.5. The van der Waals surface area contributed by atoms with Crippen molar-refractivity contribution in [3.05, 3.63) is 54.6 Å². The average Bonchev–Trinajstić information content (AvgIpc) is 3.04. The molecular formula is C16H16N4O. The van der Waals surface area contributed by atoms with Gasteiger partial charge in [-0.05, 0) is 24.3 Å². The van der Waals surface area contributed by atoms with Crippen LogP contribution in [0.25, 0.3) is 22.8 Å². The highest BCUT2D eigenvalue weighted by molar-refractivity contribution is 5.63. The summed E-state index contributed by atoms with van der Waals surface area (Å²) in [5.74, 6) is 1.43. The topological polar surface area (TPSA) is 73.8 Å². The summed E-state index contributed by atoms with van der Waals surface area (Å²) >= 11 is 0. The second kappa shape index (κ2) is 6.19. The van der Waals surface area contributed by atoms with Crippen LogP contribution in [0.2, 0.25) is 0 Å². The second-order valence-corrected chi connectivity index (χ2v) is 4.60. The van der Waals surface area contributed by atoms with E-state index >= 15 is 0 Å². The molecule has 0 spiro atoms. The van der Waals surface area contributed by atoms with Crippen LogP contribution in [0.5, 0.6) is 0 Å². The van der Waals surface area contributed by atoms with Crippen LogP contribution >= 0.6 is 0 Å². The first-order valence-electron chi connectivity index (χ1n) is 6.80. The zero-order valence-electron chi connectivity index (χ0n) is 11.5. The molecule has 3 rings (SSSR count). The summed E-state index contributed by atoms with van der Waals surface area (Å²) in [6, 6.07) is 17.7. The van der Waals surface area contributed by atoms with Gasteiger partial charge in [0.2, 0.25) is 0 Å². The van der Waals surface area contributed by atoms with E-state index in [9.17, 15) is 0 Å². The van der Waals surface area contributed by atoms with E-state index in [0.29, 0.717) is 12.4 Å². The van der Waals surface area contributed by atoms with E-state index in [1.54, 1.807) is 0 Å². The number of anilines is 1. The fourth-order valence-corrected chi connectivity index (χ4v) is 2.05. The normalized spacial score (nSPS) is 10.5. The van der Waals surface area contributed by atoms with Crippen LogP contribution < -0.4 is 5.32 Å². The Kier molecular flexibility index (Phi) is 3.93. The molecule has 0 aliphatic carbocycles. The van der Waals surface area contributed by atoms with Crippen LogP contribution in [0.1, 0.15) is 0 Å². The third kappa shape index (κ3) is 3.09. The highest BCUT2D eigenvalue weighted by Crippen LogP contribution is 2.21. The number of hydrogen-bond donors (Lipinski definition) is 3. The lowest BCUT2D eigenvalue weighted by atomic mass is 10.2. The minimum atomic E-state index is 0.115. The monoisotopic (exact) mass is 280 g/mol. The number of nitrogens with zero attached hydrogens (tertiary/aromatic N) is 2. The van der Waals surface area contributed by atoms with Crippen LogP contribution in [0, 0.1) is 0 Å². The van der Waals surface area contributed by atoms with Crippen molar-refractivity contribution in [1.82, 2.24) is 15.2 Å². The molecule has 1 heterocycles. The average molecular weight is 280 g/mol. The maximum Gasteiger partial charge on any atom is 0.181 e. The molecule has 0 bridgehead atoms. The number of aliphatic hydroxyl groups is 1. The van der Waals surface area contributed by atoms with E-state index in [0.717, 1.165) is 22.6 Å². The first-order valence-corrected chi connectivity index (χ1v) is 6.80. The summed E-state index contributed by atoms with van der Waals surface area (Å²) in [5.41, 5.74) is 2.93. The van der Waals surface area contributed by atoms with Crippen LogP contribution in [-0.4, -0.2) is 33.4 Å². The molecule has 0 saturated heterocycles. The van der Waals surface area contributed by atoms with E-state index in [1.807, 2.05) is 54.6 Å². The fourth-order valence-electron chi connectivity index (χ4n) is 2.05. The Morgan fingerprint density at radius 3 is 2.43 bits per heavy atom. The van der Waals surface area contributed by atoms with Gasteiger partial charge in [-0.25, -0.2) is 4.98 Å². The molecule has 0 aliphatic heterocycles. The molecule has 0 saturated carbocycles. The Balaban J connectivity index is 1.80. The summed E-state index contributed by atoms with van der Waals surface area (Å²) in [4.78, 5) is 4.52. The van der Waals surface area contributed by atoms with Crippen LogP contribution in [-0.2, 0) is 0 Å². The summed E-state index contributed by atoms with van der Waals surface area (Å²) in [6.45, 7) is 0.657. The van der Waals surface area contributed by atoms with E-state index in [2.05, 4.69) is 20.5 Å². The van der Waals surface area contributed by atoms with Crippen molar-refractivity contribution >= 4 is 5.69 Å². The first kappa shape index (κ1) is 13.3. The van der Waals surface area contributed by atoms with Gasteiger partial charge >= 0.3 is 0 Å². The minimum absolute atomic E-state index is 0.115. The molecule has 0 amide bonds. The fraction of sp³-hybridized carbons (Fsp3) is 0.125. The number of aromatic nitrogens is 3. The Labute approximate surface area is 122 Å². The van der Waals surface area contributed by atoms with E-state index < -0.39 is 0 Å². The SMILES string of the molecule is OCCNc1ccc(-c2nc(-c3ccccc3)n[nH]2)cc1. The standard InChI is InChI=1S/C16H16N4O/c21-11-10-17-14-8-6-13(7-9-14)16-18-15(19-20-16)12-4-2-1-3-5-12/h1-9,17,21H,10-11H2,(H,18,19,20). The van der Waals surface area contributed by atoms with Gasteiger partial charge in [0.25, 0.3) is 0 Å². The Morgan fingerprint density at radius 2 is 1.71 bits per heavy atom. The van der Waals surface area contributed by atoms with Gasteiger partial charge in [0.1, 0.15) is 0 Å². The van der Waals surface area contributed by atoms with Crippen molar-refractivity contribution < 1.29 is 5.11 Å². The van der Waals surface area contributed by atoms with E-state index in [4.69, 9.17) is 5.11 Å². The molecule has 0 fully saturated rings. The highest BCUT2D eigenvalue weighted by Gasteiger charge is 2.07. The maximum absolute atomic E-state index is 8.79. The number of H-pyrrole nitrogens is 1. The second-order valence-electron chi connectivity index (χ2n) is 4.60. The number of benzene rings is 2. The first-order chi connectivity index (χ1) is 10.4. The van der Waals surface area contributed by atoms with E-state index in [-0.39, 0.29) is 6.61 Å². The van der Waals surface area contributed by atoms with Gasteiger partial charge in [0.05, 0.1) is 6.61 Å². The number of aliphatic hydroxyl groups excluding tert-OH is 1. The molecule has 0 unspecified atom stereocenters. The van der Waals surface area contributed by atoms with Crippen molar-refractivity contribution in [3.63, 3.8) is 0 Å². The smallest absolute Gasteiger partial charge is 0.181 e. The highest BCUT2D eigenvalue weighted by atomic mass is 16.3. The number of aromatic amines is 1. The van der Waals surface area contributed by atoms with E-state index in [1.165, 1.54) is 0 Å². The summed E-state index contributed by atoms with van der Waals surface area (Å²) in [5, 5.41) is 19.1. The van der Waals surface area contributed by atoms with Crippen LogP contribution in [0.3, 0.4) is 0 Å². The molecule has 21 heavy (non-hydrogen) atoms. The summed E-state index contributed by atoms with van der Waals surface area (Å²) < 4.78 is 0. The Bertz CT molecular complexity index is 692. The lowest BCUT2D eigenvalue weighted by molar-refractivity contribution is 0.311. The van der Waals surface area contributed by atoms with Gasteiger partial charge in [0, 0.05) is 23.4 Å². The number of hydrogen-bond acceptors (Lipinski definition) is 4. The molecule has 0 aliphatic rings. The summed E-state index contributed by atoms with van der Waals surface area (Å²) in [7, 11) is 0. The van der Waals surface area contributed by atoms with Crippen LogP contribution in [0.4, 0.5) is 5.69 Å². The van der Waals surface area contributed by atoms with Crippen LogP contribution in [0.15, 0.2) is 54.6 Å². The van der Waals surface area contributed by atoms with Gasteiger partial charge in [-0.2, -0.15) is 5.10 Å². The molecule has 2 aromatic carbocycles. The van der Waals surface area contributed by atoms with Gasteiger partial charge in [0.15, 0.2) is 11.6 Å². The predicted molar refractivity (Wildman–Crippen MR) is 82.8 cm³/mol. The van der Waals surface area contributed by atoms with Crippen molar-refractivity contribution in [2.45, 2.75) is 0 Å². The third-order valence-electron chi connectivity index (χ3n) is 3.12. The Morgan fingerprint density at radius 1 is 0.952 bits per heavy atom. The quantitative estimate of drug-likeness (QED) is 0.671. The molecule has 5 nitrogen and oxygen atoms in total. The maximum atomic E-state index is 8.79. The van der Waals surface area contributed by atoms with Gasteiger partial charge < -0.3 is 10.4 Å². The lowest BCUT2D eigenvalue weighted by Crippen LogP contribution is -2.04. The number of rotatable bonds is 5. The molecule has 106 valence electrons. The molecule has 3 aromatic rings. The number of nitrogens with one attached hydrogen (secondary N) is 2. The molecule has 1 aromatic heterocycles. The lowest BCUT2D eigenvalue weighted by Gasteiger charge is -2.04. The zero-order valence-corrected chi connectivity index (χ0v) is 11.5. The van der Waals surface area contributed by atoms with Gasteiger partial charge in [-0.1, -0.05) is 30.3 Å². The largest absolute Gasteiger partial charge is 0.395 e. The van der Waals surface area contributed by atoms with Crippen molar-refractivity contribution in [2.24, 2.45) is 0 Å². The molecular weight excluding hydrogens is 264 g/mol. The van der Waals surface area contributed by atoms with Crippen molar-refractivity contribution in [1.29, 1.82) is 0 Å². The van der Waals surface area contributed by atoms with Gasteiger partial charge in [-0.15, -0.1) is 0 Å². The predicted octanol–water partition coefficient (Wildman–Crippen LogP) is 2.54. The van der Waals surface area contributed by atoms with Gasteiger partial charge in [-0.3, -0.25) is 5.10 Å². The third-order valence-corrected chi connectivity index (χ3v) is 3.12.